The number of nitrogens with two attached hydrogens (primary N) is 1. The lowest BCUT2D eigenvalue weighted by molar-refractivity contribution is 0.275. The number of hydrogen-bond acceptors (Lipinski definition) is 4. The van der Waals surface area contributed by atoms with Gasteiger partial charge < -0.3 is 15.0 Å². The first kappa shape index (κ1) is 20.7. The van der Waals surface area contributed by atoms with Gasteiger partial charge in [-0.2, -0.15) is 0 Å². The molecule has 0 aliphatic carbocycles. The Labute approximate surface area is 157 Å². The molecule has 0 radical (unpaired) electrons. The van der Waals surface area contributed by atoms with Crippen LogP contribution in [0, 0.1) is 0 Å². The van der Waals surface area contributed by atoms with Crippen LogP contribution in [0.3, 0.4) is 0 Å². The summed E-state index contributed by atoms with van der Waals surface area (Å²) < 4.78 is 24.9. The first-order chi connectivity index (χ1) is 12.5. The molecule has 0 amide bonds. The fourth-order valence-electron chi connectivity index (χ4n) is 2.63. The minimum atomic E-state index is -2.91. The van der Waals surface area contributed by atoms with E-state index in [1.54, 1.807) is 0 Å². The minimum absolute atomic E-state index is 0.0816. The van der Waals surface area contributed by atoms with Gasteiger partial charge in [-0.25, -0.2) is 0 Å². The van der Waals surface area contributed by atoms with E-state index in [9.17, 15) is 4.57 Å². The topological polar surface area (TPSA) is 61.5 Å². The summed E-state index contributed by atoms with van der Waals surface area (Å²) in [6.45, 7) is 4.57. The third kappa shape index (κ3) is 7.33. The number of benzene rings is 2. The van der Waals surface area contributed by atoms with E-state index in [0.717, 1.165) is 24.8 Å². The molecule has 142 valence electrons. The summed E-state index contributed by atoms with van der Waals surface area (Å²) in [4.78, 5) is 0. The van der Waals surface area contributed by atoms with Crippen molar-refractivity contribution >= 4 is 7.37 Å². The van der Waals surface area contributed by atoms with Crippen LogP contribution in [0.1, 0.15) is 37.8 Å². The molecule has 26 heavy (non-hydrogen) atoms. The molecule has 0 aliphatic heterocycles. The monoisotopic (exact) mass is 375 g/mol. The van der Waals surface area contributed by atoms with Gasteiger partial charge in [-0.3, -0.25) is 4.57 Å². The Morgan fingerprint density at radius 1 is 1.04 bits per heavy atom. The number of hydrogen-bond donors (Lipinski definition) is 1. The van der Waals surface area contributed by atoms with Crippen LogP contribution in [-0.2, 0) is 21.7 Å². The Bertz CT molecular complexity index is 686. The predicted octanol–water partition coefficient (Wildman–Crippen LogP) is 5.21. The summed E-state index contributed by atoms with van der Waals surface area (Å²) in [7, 11) is -2.91. The highest BCUT2D eigenvalue weighted by atomic mass is 31.2. The molecule has 2 aromatic rings. The highest BCUT2D eigenvalue weighted by molar-refractivity contribution is 7.58. The average molecular weight is 375 g/mol. The van der Waals surface area contributed by atoms with Crippen molar-refractivity contribution < 1.29 is 13.8 Å². The van der Waals surface area contributed by atoms with Gasteiger partial charge in [0.25, 0.3) is 0 Å². The maximum atomic E-state index is 13.3. The maximum Gasteiger partial charge on any atom is 0.243 e. The van der Waals surface area contributed by atoms with Gasteiger partial charge in [0.15, 0.2) is 6.35 Å². The highest BCUT2D eigenvalue weighted by Crippen LogP contribution is 2.50. The molecular weight excluding hydrogens is 345 g/mol. The molecule has 0 bridgehead atoms. The lowest BCUT2D eigenvalue weighted by Crippen LogP contribution is -2.17. The maximum absolute atomic E-state index is 13.3. The number of ether oxygens (including phenoxy) is 1. The smallest absolute Gasteiger partial charge is 0.243 e. The molecule has 0 spiro atoms. The van der Waals surface area contributed by atoms with Crippen LogP contribution < -0.4 is 10.5 Å². The van der Waals surface area contributed by atoms with Crippen molar-refractivity contribution in [3.63, 3.8) is 0 Å². The summed E-state index contributed by atoms with van der Waals surface area (Å²) in [6, 6.07) is 17.7. The van der Waals surface area contributed by atoms with Crippen LogP contribution in [-0.4, -0.2) is 19.0 Å². The van der Waals surface area contributed by atoms with Crippen molar-refractivity contribution in [3.8, 4) is 5.75 Å². The quantitative estimate of drug-likeness (QED) is 0.433. The summed E-state index contributed by atoms with van der Waals surface area (Å²) >= 11 is 0. The molecule has 0 saturated heterocycles. The van der Waals surface area contributed by atoms with E-state index in [4.69, 9.17) is 15.0 Å². The molecule has 2 rings (SSSR count). The molecule has 0 saturated carbocycles. The molecule has 0 heterocycles. The molecular formula is C21H30NO3P. The van der Waals surface area contributed by atoms with Gasteiger partial charge in [0.2, 0.25) is 7.37 Å². The zero-order valence-corrected chi connectivity index (χ0v) is 16.7. The van der Waals surface area contributed by atoms with Crippen molar-refractivity contribution in [1.82, 2.24) is 0 Å². The minimum Gasteiger partial charge on any atom is -0.484 e. The highest BCUT2D eigenvalue weighted by Gasteiger charge is 2.25. The molecule has 0 aromatic heterocycles. The van der Waals surface area contributed by atoms with E-state index < -0.39 is 7.37 Å². The fourth-order valence-corrected chi connectivity index (χ4v) is 4.46. The Morgan fingerprint density at radius 2 is 1.73 bits per heavy atom. The molecule has 0 aliphatic rings. The van der Waals surface area contributed by atoms with Crippen LogP contribution in [0.2, 0.25) is 0 Å². The Morgan fingerprint density at radius 3 is 2.35 bits per heavy atom. The van der Waals surface area contributed by atoms with Crippen LogP contribution in [0.4, 0.5) is 0 Å². The standard InChI is InChI=1S/C21H30NO3P/c1-3-4-14-25-26(23,16-20-8-6-5-7-9-20)17-24-21-12-10-19(11-13-21)15-18(2)22/h5-13,18H,3-4,14-17,22H2,1-2H3/t18?,26-/m1/s1. The van der Waals surface area contributed by atoms with E-state index in [1.807, 2.05) is 61.5 Å². The predicted molar refractivity (Wildman–Crippen MR) is 108 cm³/mol. The second-order valence-corrected chi connectivity index (χ2v) is 9.21. The van der Waals surface area contributed by atoms with Crippen LogP contribution in [0.25, 0.3) is 0 Å². The summed E-state index contributed by atoms with van der Waals surface area (Å²) in [5, 5.41) is 0. The van der Waals surface area contributed by atoms with Gasteiger partial charge in [-0.15, -0.1) is 0 Å². The van der Waals surface area contributed by atoms with Gasteiger partial charge in [-0.1, -0.05) is 55.8 Å². The normalized spacial score (nSPS) is 14.6. The van der Waals surface area contributed by atoms with Gasteiger partial charge in [0.05, 0.1) is 12.8 Å². The van der Waals surface area contributed by atoms with Crippen LogP contribution in [0.5, 0.6) is 5.75 Å². The van der Waals surface area contributed by atoms with Gasteiger partial charge in [0, 0.05) is 6.04 Å². The Balaban J connectivity index is 2.00. The second-order valence-electron chi connectivity index (χ2n) is 6.74. The molecule has 0 fully saturated rings. The summed E-state index contributed by atoms with van der Waals surface area (Å²) in [6.07, 6.45) is 3.20. The number of unbranched alkanes of at least 4 members (excludes halogenated alkanes) is 1. The SMILES string of the molecule is CCCCO[P@@](=O)(COc1ccc(CC(C)N)cc1)Cc1ccccc1. The number of rotatable bonds is 11. The lowest BCUT2D eigenvalue weighted by Gasteiger charge is -2.19. The van der Waals surface area contributed by atoms with Gasteiger partial charge >= 0.3 is 0 Å². The Kier molecular flexibility index (Phi) is 8.37. The van der Waals surface area contributed by atoms with Crippen LogP contribution in [0.15, 0.2) is 54.6 Å². The van der Waals surface area contributed by atoms with Crippen molar-refractivity contribution in [2.45, 2.75) is 45.3 Å². The zero-order chi connectivity index (χ0) is 18.8. The van der Waals surface area contributed by atoms with Crippen molar-refractivity contribution in [2.75, 3.05) is 13.0 Å². The summed E-state index contributed by atoms with van der Waals surface area (Å²) in [5.41, 5.74) is 7.99. The van der Waals surface area contributed by atoms with Crippen molar-refractivity contribution in [2.24, 2.45) is 5.73 Å². The van der Waals surface area contributed by atoms with E-state index in [0.29, 0.717) is 18.5 Å². The largest absolute Gasteiger partial charge is 0.484 e. The van der Waals surface area contributed by atoms with Crippen LogP contribution >= 0.6 is 7.37 Å². The molecule has 4 nitrogen and oxygen atoms in total. The Hall–Kier alpha value is -1.61. The van der Waals surface area contributed by atoms with E-state index in [1.165, 1.54) is 5.56 Å². The second kappa shape index (κ2) is 10.5. The van der Waals surface area contributed by atoms with E-state index >= 15 is 0 Å². The van der Waals surface area contributed by atoms with Crippen molar-refractivity contribution in [3.05, 3.63) is 65.7 Å². The fraction of sp³-hybridized carbons (Fsp3) is 0.429. The third-order valence-electron chi connectivity index (χ3n) is 4.00. The van der Waals surface area contributed by atoms with E-state index in [-0.39, 0.29) is 12.4 Å². The first-order valence-electron chi connectivity index (χ1n) is 9.24. The third-order valence-corrected chi connectivity index (χ3v) is 6.02. The summed E-state index contributed by atoms with van der Waals surface area (Å²) in [5.74, 6) is 0.700. The zero-order valence-electron chi connectivity index (χ0n) is 15.8. The molecule has 2 atom stereocenters. The van der Waals surface area contributed by atoms with E-state index in [2.05, 4.69) is 6.92 Å². The molecule has 2 aromatic carbocycles. The van der Waals surface area contributed by atoms with Gasteiger partial charge in [0.1, 0.15) is 5.75 Å². The average Bonchev–Trinajstić information content (AvgIpc) is 2.62. The molecule has 1 unspecified atom stereocenters. The lowest BCUT2D eigenvalue weighted by atomic mass is 10.1. The van der Waals surface area contributed by atoms with Gasteiger partial charge in [-0.05, 0) is 43.0 Å². The van der Waals surface area contributed by atoms with Crippen molar-refractivity contribution in [1.29, 1.82) is 0 Å². The molecule has 2 N–H and O–H groups in total. The molecule has 5 heteroatoms. The first-order valence-corrected chi connectivity index (χ1v) is 11.2.